The van der Waals surface area contributed by atoms with E-state index in [1.807, 2.05) is 35.1 Å². The van der Waals surface area contributed by atoms with Crippen LogP contribution >= 0.6 is 0 Å². The van der Waals surface area contributed by atoms with Crippen LogP contribution in [-0.4, -0.2) is 19.7 Å². The van der Waals surface area contributed by atoms with Gasteiger partial charge in [-0.2, -0.15) is 5.10 Å². The second-order valence-electron chi connectivity index (χ2n) is 3.79. The van der Waals surface area contributed by atoms with Crippen LogP contribution in [0, 0.1) is 0 Å². The van der Waals surface area contributed by atoms with Crippen LogP contribution in [0.3, 0.4) is 0 Å². The summed E-state index contributed by atoms with van der Waals surface area (Å²) in [6.45, 7) is 0.598. The number of aromatic nitrogens is 4. The normalized spacial score (nSPS) is 10.8. The molecule has 3 aromatic rings. The predicted octanol–water partition coefficient (Wildman–Crippen LogP) is 1.46. The average Bonchev–Trinajstić information content (AvgIpc) is 2.76. The van der Waals surface area contributed by atoms with Crippen LogP contribution in [0.2, 0.25) is 0 Å². The molecule has 0 atom stereocenters. The molecule has 2 heterocycles. The zero-order valence-corrected chi connectivity index (χ0v) is 9.11. The van der Waals surface area contributed by atoms with Crippen LogP contribution in [0.25, 0.3) is 10.9 Å². The summed E-state index contributed by atoms with van der Waals surface area (Å²) in [6.07, 6.45) is 5.08. The Labute approximate surface area is 97.9 Å². The third kappa shape index (κ3) is 1.82. The molecular formula is C12H11N5. The highest BCUT2D eigenvalue weighted by molar-refractivity contribution is 5.78. The van der Waals surface area contributed by atoms with Crippen molar-refractivity contribution in [3.8, 4) is 0 Å². The van der Waals surface area contributed by atoms with Crippen LogP contribution in [0.15, 0.2) is 42.9 Å². The van der Waals surface area contributed by atoms with Gasteiger partial charge in [0.2, 0.25) is 0 Å². The summed E-state index contributed by atoms with van der Waals surface area (Å²) in [5.41, 5.74) is 7.42. The topological polar surface area (TPSA) is 69.6 Å². The first-order chi connectivity index (χ1) is 8.33. The standard InChI is InChI=1S/C12H11N5/c13-12-7-14-10(6-15-12)8-17-11-4-2-1-3-9(11)5-16-17/h1-7H,8H2,(H2,13,15). The molecule has 84 valence electrons. The van der Waals surface area contributed by atoms with Gasteiger partial charge >= 0.3 is 0 Å². The van der Waals surface area contributed by atoms with Crippen LogP contribution in [0.5, 0.6) is 0 Å². The molecule has 0 aliphatic rings. The molecule has 3 rings (SSSR count). The Kier molecular flexibility index (Phi) is 2.22. The van der Waals surface area contributed by atoms with Crippen molar-refractivity contribution in [1.29, 1.82) is 0 Å². The fourth-order valence-electron chi connectivity index (χ4n) is 1.75. The number of para-hydroxylation sites is 1. The lowest BCUT2D eigenvalue weighted by atomic mass is 10.2. The van der Waals surface area contributed by atoms with Crippen LogP contribution in [0.1, 0.15) is 5.69 Å². The van der Waals surface area contributed by atoms with Gasteiger partial charge in [0.25, 0.3) is 0 Å². The molecule has 0 saturated heterocycles. The minimum absolute atomic E-state index is 0.430. The number of nitrogen functional groups attached to an aromatic ring is 1. The van der Waals surface area contributed by atoms with E-state index in [2.05, 4.69) is 15.1 Å². The molecule has 5 heteroatoms. The smallest absolute Gasteiger partial charge is 0.141 e. The largest absolute Gasteiger partial charge is 0.382 e. The Morgan fingerprint density at radius 2 is 1.94 bits per heavy atom. The van der Waals surface area contributed by atoms with Crippen molar-refractivity contribution in [2.75, 3.05) is 5.73 Å². The summed E-state index contributed by atoms with van der Waals surface area (Å²) in [7, 11) is 0. The van der Waals surface area contributed by atoms with E-state index >= 15 is 0 Å². The molecule has 0 aliphatic heterocycles. The maximum Gasteiger partial charge on any atom is 0.141 e. The molecule has 17 heavy (non-hydrogen) atoms. The van der Waals surface area contributed by atoms with Crippen molar-refractivity contribution in [2.24, 2.45) is 0 Å². The first-order valence-corrected chi connectivity index (χ1v) is 5.30. The minimum Gasteiger partial charge on any atom is -0.382 e. The van der Waals surface area contributed by atoms with Gasteiger partial charge in [0.15, 0.2) is 0 Å². The zero-order chi connectivity index (χ0) is 11.7. The number of hydrogen-bond donors (Lipinski definition) is 1. The van der Waals surface area contributed by atoms with Gasteiger partial charge in [-0.1, -0.05) is 18.2 Å². The van der Waals surface area contributed by atoms with E-state index in [1.54, 1.807) is 12.4 Å². The lowest BCUT2D eigenvalue weighted by Crippen LogP contribution is -2.04. The van der Waals surface area contributed by atoms with Crippen molar-refractivity contribution in [3.05, 3.63) is 48.5 Å². The maximum atomic E-state index is 5.49. The lowest BCUT2D eigenvalue weighted by molar-refractivity contribution is 0.693. The fourth-order valence-corrected chi connectivity index (χ4v) is 1.75. The molecule has 5 nitrogen and oxygen atoms in total. The number of hydrogen-bond acceptors (Lipinski definition) is 4. The van der Waals surface area contributed by atoms with Gasteiger partial charge in [-0.05, 0) is 6.07 Å². The summed E-state index contributed by atoms with van der Waals surface area (Å²) in [4.78, 5) is 8.23. The monoisotopic (exact) mass is 225 g/mol. The van der Waals surface area contributed by atoms with Crippen molar-refractivity contribution in [1.82, 2.24) is 19.7 Å². The Bertz CT molecular complexity index is 641. The number of fused-ring (bicyclic) bond motifs is 1. The Balaban J connectivity index is 1.97. The predicted molar refractivity (Wildman–Crippen MR) is 65.3 cm³/mol. The second-order valence-corrected chi connectivity index (χ2v) is 3.79. The lowest BCUT2D eigenvalue weighted by Gasteiger charge is -2.02. The van der Waals surface area contributed by atoms with Gasteiger partial charge in [0.1, 0.15) is 5.82 Å². The van der Waals surface area contributed by atoms with Crippen LogP contribution < -0.4 is 5.73 Å². The van der Waals surface area contributed by atoms with E-state index in [1.165, 1.54) is 0 Å². The molecule has 2 aromatic heterocycles. The first kappa shape index (κ1) is 9.77. The van der Waals surface area contributed by atoms with Crippen molar-refractivity contribution >= 4 is 16.7 Å². The van der Waals surface area contributed by atoms with Gasteiger partial charge in [-0.3, -0.25) is 9.67 Å². The number of anilines is 1. The Morgan fingerprint density at radius 3 is 2.76 bits per heavy atom. The number of nitrogens with zero attached hydrogens (tertiary/aromatic N) is 4. The summed E-state index contributed by atoms with van der Waals surface area (Å²) in [6, 6.07) is 8.06. The number of nitrogens with two attached hydrogens (primary N) is 1. The molecular weight excluding hydrogens is 214 g/mol. The second kappa shape index (κ2) is 3.86. The van der Waals surface area contributed by atoms with E-state index in [9.17, 15) is 0 Å². The Hall–Kier alpha value is -2.43. The molecule has 1 aromatic carbocycles. The quantitative estimate of drug-likeness (QED) is 0.716. The van der Waals surface area contributed by atoms with Gasteiger partial charge in [-0.15, -0.1) is 0 Å². The SMILES string of the molecule is Nc1cnc(Cn2ncc3ccccc32)cn1. The summed E-state index contributed by atoms with van der Waals surface area (Å²) >= 11 is 0. The van der Waals surface area contributed by atoms with Crippen molar-refractivity contribution < 1.29 is 0 Å². The number of benzene rings is 1. The number of rotatable bonds is 2. The molecule has 0 fully saturated rings. The molecule has 0 radical (unpaired) electrons. The van der Waals surface area contributed by atoms with Crippen LogP contribution in [-0.2, 0) is 6.54 Å². The molecule has 0 spiro atoms. The molecule has 0 saturated carbocycles. The van der Waals surface area contributed by atoms with E-state index in [4.69, 9.17) is 5.73 Å². The minimum atomic E-state index is 0.430. The maximum absolute atomic E-state index is 5.49. The van der Waals surface area contributed by atoms with E-state index in [-0.39, 0.29) is 0 Å². The highest BCUT2D eigenvalue weighted by Gasteiger charge is 2.03. The third-order valence-corrected chi connectivity index (χ3v) is 2.59. The van der Waals surface area contributed by atoms with Crippen molar-refractivity contribution in [3.63, 3.8) is 0 Å². The Morgan fingerprint density at radius 1 is 1.06 bits per heavy atom. The van der Waals surface area contributed by atoms with Gasteiger partial charge in [0, 0.05) is 5.39 Å². The average molecular weight is 225 g/mol. The summed E-state index contributed by atoms with van der Waals surface area (Å²) < 4.78 is 1.90. The van der Waals surface area contributed by atoms with Gasteiger partial charge in [0.05, 0.1) is 36.3 Å². The van der Waals surface area contributed by atoms with E-state index < -0.39 is 0 Å². The van der Waals surface area contributed by atoms with Crippen molar-refractivity contribution in [2.45, 2.75) is 6.54 Å². The fraction of sp³-hybridized carbons (Fsp3) is 0.0833. The van der Waals surface area contributed by atoms with Gasteiger partial charge in [-0.25, -0.2) is 4.98 Å². The molecule has 0 bridgehead atoms. The summed E-state index contributed by atoms with van der Waals surface area (Å²) in [5.74, 6) is 0.430. The first-order valence-electron chi connectivity index (χ1n) is 5.30. The van der Waals surface area contributed by atoms with Gasteiger partial charge < -0.3 is 5.73 Å². The van der Waals surface area contributed by atoms with E-state index in [0.29, 0.717) is 12.4 Å². The highest BCUT2D eigenvalue weighted by atomic mass is 15.3. The molecule has 0 aliphatic carbocycles. The molecule has 2 N–H and O–H groups in total. The third-order valence-electron chi connectivity index (χ3n) is 2.59. The zero-order valence-electron chi connectivity index (χ0n) is 9.11. The highest BCUT2D eigenvalue weighted by Crippen LogP contribution is 2.13. The molecule has 0 unspecified atom stereocenters. The summed E-state index contributed by atoms with van der Waals surface area (Å²) in [5, 5.41) is 5.45. The van der Waals surface area contributed by atoms with E-state index in [0.717, 1.165) is 16.6 Å². The molecule has 0 amide bonds. The van der Waals surface area contributed by atoms with Crippen LogP contribution in [0.4, 0.5) is 5.82 Å².